The third-order valence-electron chi connectivity index (χ3n) is 4.07. The maximum atomic E-state index is 12.0. The van der Waals surface area contributed by atoms with E-state index in [0.717, 1.165) is 16.9 Å². The van der Waals surface area contributed by atoms with Gasteiger partial charge in [-0.05, 0) is 47.5 Å². The summed E-state index contributed by atoms with van der Waals surface area (Å²) in [4.78, 5) is 23.9. The Morgan fingerprint density at radius 2 is 1.60 bits per heavy atom. The van der Waals surface area contributed by atoms with Gasteiger partial charge in [-0.2, -0.15) is 5.10 Å². The summed E-state index contributed by atoms with van der Waals surface area (Å²) in [6.45, 7) is 0.478. The standard InChI is InChI=1S/C23H21N3O4/c1-29-21-10-6-5-9-20(21)25-22(27)23(28)26-24-15-17-11-13-19(14-12-17)30-16-18-7-3-2-4-8-18/h2-15H,16H2,1H3,(H,25,27)(H,26,28)/b24-15+. The van der Waals surface area contributed by atoms with Crippen molar-refractivity contribution in [3.05, 3.63) is 90.0 Å². The molecule has 3 rings (SSSR count). The number of benzene rings is 3. The van der Waals surface area contributed by atoms with Gasteiger partial charge in [0.1, 0.15) is 18.1 Å². The third kappa shape index (κ3) is 5.93. The Labute approximate surface area is 174 Å². The number of amides is 2. The van der Waals surface area contributed by atoms with E-state index in [1.165, 1.54) is 13.3 Å². The van der Waals surface area contributed by atoms with Gasteiger partial charge in [0.2, 0.25) is 0 Å². The number of hydrogen-bond acceptors (Lipinski definition) is 5. The molecule has 0 spiro atoms. The predicted molar refractivity (Wildman–Crippen MR) is 115 cm³/mol. The van der Waals surface area contributed by atoms with Crippen LogP contribution in [0.5, 0.6) is 11.5 Å². The molecule has 0 fully saturated rings. The van der Waals surface area contributed by atoms with Crippen molar-refractivity contribution in [3.63, 3.8) is 0 Å². The second-order valence-electron chi connectivity index (χ2n) is 6.20. The molecule has 0 heterocycles. The molecule has 0 saturated carbocycles. The lowest BCUT2D eigenvalue weighted by atomic mass is 10.2. The summed E-state index contributed by atoms with van der Waals surface area (Å²) in [5, 5.41) is 6.29. The number of nitrogens with one attached hydrogen (secondary N) is 2. The Balaban J connectivity index is 1.48. The molecule has 2 N–H and O–H groups in total. The van der Waals surface area contributed by atoms with E-state index in [0.29, 0.717) is 18.0 Å². The van der Waals surface area contributed by atoms with Crippen LogP contribution in [0.1, 0.15) is 11.1 Å². The van der Waals surface area contributed by atoms with Crippen LogP contribution < -0.4 is 20.2 Å². The zero-order valence-corrected chi connectivity index (χ0v) is 16.4. The lowest BCUT2D eigenvalue weighted by molar-refractivity contribution is -0.136. The van der Waals surface area contributed by atoms with Crippen molar-refractivity contribution in [3.8, 4) is 11.5 Å². The number of nitrogens with zero attached hydrogens (tertiary/aromatic N) is 1. The molecule has 0 aliphatic heterocycles. The fraction of sp³-hybridized carbons (Fsp3) is 0.0870. The molecular weight excluding hydrogens is 382 g/mol. The van der Waals surface area contributed by atoms with Crippen molar-refractivity contribution in [1.82, 2.24) is 5.43 Å². The maximum absolute atomic E-state index is 12.0. The van der Waals surface area contributed by atoms with Crippen molar-refractivity contribution >= 4 is 23.7 Å². The van der Waals surface area contributed by atoms with Crippen molar-refractivity contribution in [1.29, 1.82) is 0 Å². The summed E-state index contributed by atoms with van der Waals surface area (Å²) < 4.78 is 10.8. The average molecular weight is 403 g/mol. The quantitative estimate of drug-likeness (QED) is 0.360. The van der Waals surface area contributed by atoms with E-state index in [4.69, 9.17) is 9.47 Å². The summed E-state index contributed by atoms with van der Waals surface area (Å²) in [5.74, 6) is -0.561. The van der Waals surface area contributed by atoms with Crippen LogP contribution in [0.25, 0.3) is 0 Å². The average Bonchev–Trinajstić information content (AvgIpc) is 2.79. The molecule has 0 aromatic heterocycles. The van der Waals surface area contributed by atoms with Gasteiger partial charge in [-0.1, -0.05) is 42.5 Å². The van der Waals surface area contributed by atoms with Gasteiger partial charge in [0, 0.05) is 0 Å². The third-order valence-corrected chi connectivity index (χ3v) is 4.07. The van der Waals surface area contributed by atoms with Gasteiger partial charge in [-0.15, -0.1) is 0 Å². The fourth-order valence-electron chi connectivity index (χ4n) is 2.53. The number of methoxy groups -OCH3 is 1. The molecule has 0 radical (unpaired) electrons. The number of anilines is 1. The fourth-order valence-corrected chi connectivity index (χ4v) is 2.53. The molecule has 2 amide bonds. The van der Waals surface area contributed by atoms with Gasteiger partial charge in [-0.25, -0.2) is 5.43 Å². The van der Waals surface area contributed by atoms with Crippen molar-refractivity contribution in [2.75, 3.05) is 12.4 Å². The molecule has 3 aromatic carbocycles. The van der Waals surface area contributed by atoms with Gasteiger partial charge in [0.05, 0.1) is 19.0 Å². The molecule has 0 unspecified atom stereocenters. The Kier molecular flexibility index (Phi) is 7.16. The predicted octanol–water partition coefficient (Wildman–Crippen LogP) is 3.36. The van der Waals surface area contributed by atoms with Crippen LogP contribution in [0.15, 0.2) is 84.0 Å². The second-order valence-corrected chi connectivity index (χ2v) is 6.20. The van der Waals surface area contributed by atoms with E-state index in [-0.39, 0.29) is 0 Å². The zero-order valence-electron chi connectivity index (χ0n) is 16.4. The van der Waals surface area contributed by atoms with E-state index in [1.54, 1.807) is 48.5 Å². The summed E-state index contributed by atoms with van der Waals surface area (Å²) in [6, 6.07) is 23.9. The summed E-state index contributed by atoms with van der Waals surface area (Å²) >= 11 is 0. The van der Waals surface area contributed by atoms with Crippen molar-refractivity contribution in [2.24, 2.45) is 5.10 Å². The van der Waals surface area contributed by atoms with E-state index in [2.05, 4.69) is 15.8 Å². The molecule has 152 valence electrons. The van der Waals surface area contributed by atoms with Crippen LogP contribution in [0.4, 0.5) is 5.69 Å². The monoisotopic (exact) mass is 403 g/mol. The zero-order chi connectivity index (χ0) is 21.2. The van der Waals surface area contributed by atoms with E-state index < -0.39 is 11.8 Å². The van der Waals surface area contributed by atoms with Gasteiger partial charge in [-0.3, -0.25) is 9.59 Å². The number of ether oxygens (including phenoxy) is 2. The highest BCUT2D eigenvalue weighted by Crippen LogP contribution is 2.22. The Bertz CT molecular complexity index is 1020. The maximum Gasteiger partial charge on any atom is 0.329 e. The Morgan fingerprint density at radius 3 is 2.33 bits per heavy atom. The molecule has 7 nitrogen and oxygen atoms in total. The molecule has 30 heavy (non-hydrogen) atoms. The largest absolute Gasteiger partial charge is 0.495 e. The number of hydrogen-bond donors (Lipinski definition) is 2. The highest BCUT2D eigenvalue weighted by Gasteiger charge is 2.14. The first kappa shape index (κ1) is 20.6. The van der Waals surface area contributed by atoms with Crippen LogP contribution >= 0.6 is 0 Å². The van der Waals surface area contributed by atoms with Crippen molar-refractivity contribution < 1.29 is 19.1 Å². The number of carbonyl (C=O) groups excluding carboxylic acids is 2. The molecule has 7 heteroatoms. The van der Waals surface area contributed by atoms with Crippen LogP contribution in [-0.4, -0.2) is 25.1 Å². The SMILES string of the molecule is COc1ccccc1NC(=O)C(=O)N/N=C/c1ccc(OCc2ccccc2)cc1. The lowest BCUT2D eigenvalue weighted by Crippen LogP contribution is -2.32. The minimum Gasteiger partial charge on any atom is -0.495 e. The van der Waals surface area contributed by atoms with Gasteiger partial charge in [0.25, 0.3) is 0 Å². The molecular formula is C23H21N3O4. The molecule has 0 bridgehead atoms. The highest BCUT2D eigenvalue weighted by molar-refractivity contribution is 6.39. The first-order valence-electron chi connectivity index (χ1n) is 9.20. The molecule has 0 saturated heterocycles. The van der Waals surface area contributed by atoms with E-state index in [9.17, 15) is 9.59 Å². The van der Waals surface area contributed by atoms with Crippen LogP contribution in [0.3, 0.4) is 0 Å². The number of para-hydroxylation sites is 2. The van der Waals surface area contributed by atoms with Gasteiger partial charge < -0.3 is 14.8 Å². The van der Waals surface area contributed by atoms with E-state index >= 15 is 0 Å². The van der Waals surface area contributed by atoms with Crippen LogP contribution in [0, 0.1) is 0 Å². The first-order chi connectivity index (χ1) is 14.7. The normalized spacial score (nSPS) is 10.4. The first-order valence-corrected chi connectivity index (χ1v) is 9.20. The van der Waals surface area contributed by atoms with Crippen LogP contribution in [-0.2, 0) is 16.2 Å². The molecule has 0 aliphatic carbocycles. The number of hydrazone groups is 1. The van der Waals surface area contributed by atoms with Crippen molar-refractivity contribution in [2.45, 2.75) is 6.61 Å². The topological polar surface area (TPSA) is 89.0 Å². The summed E-state index contributed by atoms with van der Waals surface area (Å²) in [5.41, 5.74) is 4.42. The number of carbonyl (C=O) groups is 2. The number of rotatable bonds is 7. The van der Waals surface area contributed by atoms with Gasteiger partial charge >= 0.3 is 11.8 Å². The highest BCUT2D eigenvalue weighted by atomic mass is 16.5. The Hall–Kier alpha value is -4.13. The van der Waals surface area contributed by atoms with Gasteiger partial charge in [0.15, 0.2) is 0 Å². The Morgan fingerprint density at radius 1 is 0.900 bits per heavy atom. The molecule has 3 aromatic rings. The minimum atomic E-state index is -0.889. The van der Waals surface area contributed by atoms with E-state index in [1.807, 2.05) is 30.3 Å². The second kappa shape index (κ2) is 10.4. The smallest absolute Gasteiger partial charge is 0.329 e. The molecule has 0 aliphatic rings. The van der Waals surface area contributed by atoms with Crippen LogP contribution in [0.2, 0.25) is 0 Å². The lowest BCUT2D eigenvalue weighted by Gasteiger charge is -2.08. The minimum absolute atomic E-state index is 0.398. The summed E-state index contributed by atoms with van der Waals surface area (Å²) in [7, 11) is 1.48. The molecule has 0 atom stereocenters. The summed E-state index contributed by atoms with van der Waals surface area (Å²) in [6.07, 6.45) is 1.44.